The summed E-state index contributed by atoms with van der Waals surface area (Å²) in [7, 11) is 0. The molecule has 12 aromatic rings. The Morgan fingerprint density at radius 1 is 0.297 bits per heavy atom. The summed E-state index contributed by atoms with van der Waals surface area (Å²) in [6.45, 7) is 13.9. The van der Waals surface area contributed by atoms with E-state index in [0.717, 1.165) is 61.3 Å². The van der Waals surface area contributed by atoms with Gasteiger partial charge in [0, 0.05) is 27.7 Å². The summed E-state index contributed by atoms with van der Waals surface area (Å²) in [5.74, 6) is 0. The van der Waals surface area contributed by atoms with Gasteiger partial charge in [0.05, 0.1) is 5.69 Å². The second kappa shape index (κ2) is 18.7. The SMILES string of the molecule is CC(C)(C)c1cc(-c2cccc3cccc(-c4ccccc4N(c4ccc(-c5ccc(-c6ccccc6)c(-c6ccccc6)c5)cc4)c4ccc(-c5ccc6oc7ccccc7c6c5)cc4)c23)cc(C(C)(C)C)c1. The largest absolute Gasteiger partial charge is 0.456 e. The molecule has 0 saturated heterocycles. The zero-order valence-electron chi connectivity index (χ0n) is 43.0. The van der Waals surface area contributed by atoms with Gasteiger partial charge in [0.25, 0.3) is 0 Å². The van der Waals surface area contributed by atoms with Crippen molar-refractivity contribution in [1.82, 2.24) is 0 Å². The molecule has 11 aromatic carbocycles. The molecule has 74 heavy (non-hydrogen) atoms. The molecule has 0 aliphatic heterocycles. The predicted octanol–water partition coefficient (Wildman–Crippen LogP) is 20.8. The van der Waals surface area contributed by atoms with Crippen molar-refractivity contribution in [2.45, 2.75) is 52.4 Å². The monoisotopic (exact) mass is 953 g/mol. The van der Waals surface area contributed by atoms with E-state index in [1.807, 2.05) is 12.1 Å². The van der Waals surface area contributed by atoms with Crippen molar-refractivity contribution in [3.63, 3.8) is 0 Å². The van der Waals surface area contributed by atoms with Crippen LogP contribution < -0.4 is 4.90 Å². The van der Waals surface area contributed by atoms with Gasteiger partial charge in [0.15, 0.2) is 0 Å². The Labute approximate surface area is 435 Å². The molecule has 1 heterocycles. The highest BCUT2D eigenvalue weighted by Crippen LogP contribution is 2.47. The first-order valence-electron chi connectivity index (χ1n) is 25.9. The van der Waals surface area contributed by atoms with Gasteiger partial charge < -0.3 is 9.32 Å². The molecule has 0 spiro atoms. The minimum atomic E-state index is -0.0161. The number of hydrogen-bond acceptors (Lipinski definition) is 2. The number of anilines is 3. The Bertz CT molecular complexity index is 3960. The number of benzene rings is 11. The van der Waals surface area contributed by atoms with Crippen LogP contribution in [0, 0.1) is 0 Å². The fourth-order valence-corrected chi connectivity index (χ4v) is 10.7. The van der Waals surface area contributed by atoms with E-state index in [2.05, 4.69) is 283 Å². The van der Waals surface area contributed by atoms with E-state index in [0.29, 0.717) is 0 Å². The highest BCUT2D eigenvalue weighted by Gasteiger charge is 2.24. The second-order valence-electron chi connectivity index (χ2n) is 21.8. The van der Waals surface area contributed by atoms with Gasteiger partial charge in [0.2, 0.25) is 0 Å². The first-order valence-corrected chi connectivity index (χ1v) is 25.9. The fraction of sp³-hybridized carbons (Fsp3) is 0.111. The van der Waals surface area contributed by atoms with E-state index in [1.165, 1.54) is 66.4 Å². The summed E-state index contributed by atoms with van der Waals surface area (Å²) in [4.78, 5) is 2.43. The van der Waals surface area contributed by atoms with Crippen LogP contribution in [0.4, 0.5) is 17.1 Å². The standard InChI is InChI=1S/C72H59NO/c1-71(2,3)56-43-55(44-57(47-56)72(4,5)6)61-27-17-23-52-24-18-28-64(70(52)61)62-25-13-15-29-67(62)73(59-39-33-49(34-40-59)54-36-42-69-66(46-54)63-26-14-16-30-68(63)74-69)58-37-31-48(32-38-58)53-35-41-60(50-19-9-7-10-20-50)65(45-53)51-21-11-8-12-22-51/h7-47H,1-6H3. The van der Waals surface area contributed by atoms with Crippen LogP contribution in [-0.4, -0.2) is 0 Å². The maximum Gasteiger partial charge on any atom is 0.135 e. The Kier molecular flexibility index (Phi) is 11.7. The Morgan fingerprint density at radius 3 is 1.43 bits per heavy atom. The van der Waals surface area contributed by atoms with Gasteiger partial charge in [-0.15, -0.1) is 0 Å². The lowest BCUT2D eigenvalue weighted by Gasteiger charge is -2.29. The van der Waals surface area contributed by atoms with Crippen molar-refractivity contribution in [3.05, 3.63) is 260 Å². The van der Waals surface area contributed by atoms with E-state index in [1.54, 1.807) is 0 Å². The number of furan rings is 1. The molecule has 0 N–H and O–H groups in total. The maximum absolute atomic E-state index is 6.22. The Hall–Kier alpha value is -8.72. The number of rotatable bonds is 9. The molecule has 0 unspecified atom stereocenters. The molecule has 0 fully saturated rings. The highest BCUT2D eigenvalue weighted by atomic mass is 16.3. The minimum Gasteiger partial charge on any atom is -0.456 e. The van der Waals surface area contributed by atoms with Crippen molar-refractivity contribution < 1.29 is 4.42 Å². The molecular weight excluding hydrogens is 895 g/mol. The Morgan fingerprint density at radius 2 is 0.797 bits per heavy atom. The molecule has 2 nitrogen and oxygen atoms in total. The topological polar surface area (TPSA) is 16.4 Å². The summed E-state index contributed by atoms with van der Waals surface area (Å²) in [5, 5.41) is 4.71. The van der Waals surface area contributed by atoms with Crippen LogP contribution in [0.5, 0.6) is 0 Å². The smallest absolute Gasteiger partial charge is 0.135 e. The number of hydrogen-bond donors (Lipinski definition) is 0. The third-order valence-corrected chi connectivity index (χ3v) is 14.8. The van der Waals surface area contributed by atoms with E-state index in [9.17, 15) is 0 Å². The number of fused-ring (bicyclic) bond motifs is 4. The van der Waals surface area contributed by atoms with E-state index >= 15 is 0 Å². The van der Waals surface area contributed by atoms with E-state index < -0.39 is 0 Å². The molecule has 358 valence electrons. The average molecular weight is 954 g/mol. The lowest BCUT2D eigenvalue weighted by Crippen LogP contribution is -2.16. The summed E-state index contributed by atoms with van der Waals surface area (Å²) >= 11 is 0. The van der Waals surface area contributed by atoms with Crippen molar-refractivity contribution in [1.29, 1.82) is 0 Å². The average Bonchev–Trinajstić information content (AvgIpc) is 3.81. The summed E-state index contributed by atoms with van der Waals surface area (Å²) < 4.78 is 6.22. The molecule has 0 amide bonds. The molecule has 0 radical (unpaired) electrons. The molecule has 0 atom stereocenters. The first kappa shape index (κ1) is 46.4. The first-order chi connectivity index (χ1) is 35.9. The predicted molar refractivity (Wildman–Crippen MR) is 316 cm³/mol. The van der Waals surface area contributed by atoms with Crippen LogP contribution in [0.1, 0.15) is 52.7 Å². The second-order valence-corrected chi connectivity index (χ2v) is 21.8. The lowest BCUT2D eigenvalue weighted by molar-refractivity contribution is 0.569. The molecule has 12 rings (SSSR count). The van der Waals surface area contributed by atoms with Gasteiger partial charge in [-0.25, -0.2) is 0 Å². The van der Waals surface area contributed by atoms with Gasteiger partial charge >= 0.3 is 0 Å². The third-order valence-electron chi connectivity index (χ3n) is 14.8. The normalized spacial score (nSPS) is 11.9. The van der Waals surface area contributed by atoms with Crippen molar-refractivity contribution in [2.75, 3.05) is 4.90 Å². The zero-order chi connectivity index (χ0) is 50.6. The van der Waals surface area contributed by atoms with Crippen molar-refractivity contribution in [3.8, 4) is 66.8 Å². The summed E-state index contributed by atoms with van der Waals surface area (Å²) in [6, 6.07) is 91.1. The minimum absolute atomic E-state index is 0.0161. The lowest BCUT2D eigenvalue weighted by atomic mass is 9.78. The maximum atomic E-state index is 6.22. The summed E-state index contributed by atoms with van der Waals surface area (Å²) in [6.07, 6.45) is 0. The van der Waals surface area contributed by atoms with Gasteiger partial charge in [-0.05, 0) is 149 Å². The van der Waals surface area contributed by atoms with Crippen LogP contribution in [0.2, 0.25) is 0 Å². The van der Waals surface area contributed by atoms with E-state index in [4.69, 9.17) is 4.42 Å². The summed E-state index contributed by atoms with van der Waals surface area (Å²) in [5.41, 5.74) is 22.0. The van der Waals surface area contributed by atoms with Crippen molar-refractivity contribution >= 4 is 49.8 Å². The molecule has 0 bridgehead atoms. The third kappa shape index (κ3) is 8.77. The Balaban J connectivity index is 1.01. The highest BCUT2D eigenvalue weighted by molar-refractivity contribution is 6.09. The molecule has 0 saturated carbocycles. The van der Waals surface area contributed by atoms with Crippen LogP contribution >= 0.6 is 0 Å². The fourth-order valence-electron chi connectivity index (χ4n) is 10.7. The van der Waals surface area contributed by atoms with Crippen LogP contribution in [0.25, 0.3) is 99.5 Å². The molecule has 1 aromatic heterocycles. The quantitative estimate of drug-likeness (QED) is 0.143. The van der Waals surface area contributed by atoms with Gasteiger partial charge in [0.1, 0.15) is 11.2 Å². The van der Waals surface area contributed by atoms with Crippen LogP contribution in [0.3, 0.4) is 0 Å². The van der Waals surface area contributed by atoms with Gasteiger partial charge in [-0.3, -0.25) is 0 Å². The van der Waals surface area contributed by atoms with Crippen LogP contribution in [0.15, 0.2) is 253 Å². The van der Waals surface area contributed by atoms with Crippen LogP contribution in [-0.2, 0) is 10.8 Å². The molecule has 0 aliphatic rings. The zero-order valence-corrected chi connectivity index (χ0v) is 43.0. The van der Waals surface area contributed by atoms with Crippen molar-refractivity contribution in [2.24, 2.45) is 0 Å². The molecule has 2 heteroatoms. The molecule has 0 aliphatic carbocycles. The van der Waals surface area contributed by atoms with E-state index in [-0.39, 0.29) is 10.8 Å². The number of para-hydroxylation sites is 2. The van der Waals surface area contributed by atoms with Gasteiger partial charge in [-0.2, -0.15) is 0 Å². The number of nitrogens with zero attached hydrogens (tertiary/aromatic N) is 1. The molecular formula is C72H59NO. The van der Waals surface area contributed by atoms with Gasteiger partial charge in [-0.1, -0.05) is 236 Å².